The van der Waals surface area contributed by atoms with Crippen LogP contribution in [0.5, 0.6) is 0 Å². The fraction of sp³-hybridized carbons (Fsp3) is 0.0877. The molecule has 2 aliphatic heterocycles. The first-order valence-corrected chi connectivity index (χ1v) is 21.1. The zero-order chi connectivity index (χ0) is 39.6. The average molecular weight is 771 g/mol. The highest BCUT2D eigenvalue weighted by Crippen LogP contribution is 2.62. The highest BCUT2D eigenvalue weighted by Gasteiger charge is 2.55. The first-order chi connectivity index (χ1) is 29.8. The quantitative estimate of drug-likeness (QED) is 0.157. The van der Waals surface area contributed by atoms with E-state index in [0.29, 0.717) is 0 Å². The molecule has 1 spiro atoms. The topological polar surface area (TPSA) is 15.7 Å². The fourth-order valence-electron chi connectivity index (χ4n) is 10.6. The maximum atomic E-state index is 7.37. The Hall–Kier alpha value is -7.20. The normalized spacial score (nSPS) is 16.9. The zero-order valence-electron chi connectivity index (χ0n) is 33.2. The lowest BCUT2D eigenvalue weighted by Gasteiger charge is -2.46. The molecule has 2 unspecified atom stereocenters. The number of allylic oxidation sites excluding steroid dienone is 1. The zero-order valence-corrected chi connectivity index (χ0v) is 33.2. The summed E-state index contributed by atoms with van der Waals surface area (Å²) in [7, 11) is 0. The number of para-hydroxylation sites is 2. The van der Waals surface area contributed by atoms with Gasteiger partial charge in [-0.3, -0.25) is 0 Å². The summed E-state index contributed by atoms with van der Waals surface area (Å²) in [5.74, 6) is 0. The fourth-order valence-corrected chi connectivity index (χ4v) is 10.6. The van der Waals surface area contributed by atoms with Crippen LogP contribution in [0, 0.1) is 0 Å². The summed E-state index contributed by atoms with van der Waals surface area (Å²) in [5, 5.41) is 4.86. The van der Waals surface area contributed by atoms with E-state index in [-0.39, 0.29) is 12.2 Å². The molecule has 0 amide bonds. The van der Waals surface area contributed by atoms with Crippen LogP contribution in [0.25, 0.3) is 32.7 Å². The van der Waals surface area contributed by atoms with Crippen LogP contribution < -0.4 is 9.80 Å². The number of rotatable bonds is 6. The van der Waals surface area contributed by atoms with Crippen LogP contribution in [-0.2, 0) is 10.2 Å². The Bertz CT molecular complexity index is 2930. The maximum Gasteiger partial charge on any atom is 0.101 e. The van der Waals surface area contributed by atoms with Crippen LogP contribution in [0.4, 0.5) is 34.1 Å². The smallest absolute Gasteiger partial charge is 0.101 e. The first kappa shape index (κ1) is 34.8. The molecule has 1 aliphatic carbocycles. The molecule has 3 aliphatic rings. The molecule has 9 aromatic rings. The van der Waals surface area contributed by atoms with E-state index in [9.17, 15) is 0 Å². The Balaban J connectivity index is 1.13. The molecule has 3 heteroatoms. The Kier molecular flexibility index (Phi) is 8.11. The highest BCUT2D eigenvalue weighted by atomic mass is 16.5. The van der Waals surface area contributed by atoms with Gasteiger partial charge in [0, 0.05) is 33.5 Å². The van der Waals surface area contributed by atoms with Crippen molar-refractivity contribution in [2.24, 2.45) is 0 Å². The maximum absolute atomic E-state index is 7.37. The average Bonchev–Trinajstić information content (AvgIpc) is 3.41. The Morgan fingerprint density at radius 2 is 0.933 bits per heavy atom. The van der Waals surface area contributed by atoms with E-state index in [4.69, 9.17) is 4.74 Å². The standard InChI is InChI=1S/C57H42N2O/c1-3-21-41(22-4-1)58(53-29-15-19-39-17-7-9-25-45(39)53)43-33-35-47-48-36-34-44(59(42-23-5-2-6-24-42)54-30-16-20-40-18-8-10-26-46(40)54)38-52(48)57(51(47)37-43)50-28-12-11-27-49(50)55-31-13-14-32-56(57)60-55/h1-13,15-31,33-38,55-56H,14,32H2. The molecule has 2 bridgehead atoms. The number of fused-ring (bicyclic) bond motifs is 13. The van der Waals surface area contributed by atoms with Gasteiger partial charge >= 0.3 is 0 Å². The van der Waals surface area contributed by atoms with Crippen LogP contribution in [0.15, 0.2) is 218 Å². The third-order valence-electron chi connectivity index (χ3n) is 13.1. The van der Waals surface area contributed by atoms with Gasteiger partial charge in [-0.25, -0.2) is 0 Å². The summed E-state index contributed by atoms with van der Waals surface area (Å²) in [5.41, 5.74) is 13.9. The molecule has 0 N–H and O–H groups in total. The molecule has 0 aromatic heterocycles. The van der Waals surface area contributed by atoms with Crippen LogP contribution in [-0.4, -0.2) is 6.10 Å². The lowest BCUT2D eigenvalue weighted by atomic mass is 9.64. The number of anilines is 6. The van der Waals surface area contributed by atoms with Gasteiger partial charge < -0.3 is 14.5 Å². The van der Waals surface area contributed by atoms with E-state index in [1.54, 1.807) is 0 Å². The summed E-state index contributed by atoms with van der Waals surface area (Å²) in [6.45, 7) is 0. The van der Waals surface area contributed by atoms with E-state index < -0.39 is 5.41 Å². The van der Waals surface area contributed by atoms with Gasteiger partial charge in [-0.05, 0) is 118 Å². The number of ether oxygens (including phenoxy) is 1. The third kappa shape index (κ3) is 5.26. The molecule has 286 valence electrons. The van der Waals surface area contributed by atoms with Gasteiger partial charge in [-0.1, -0.05) is 158 Å². The number of hydrogen-bond acceptors (Lipinski definition) is 3. The third-order valence-corrected chi connectivity index (χ3v) is 13.1. The van der Waals surface area contributed by atoms with E-state index in [1.165, 1.54) is 54.9 Å². The second-order valence-electron chi connectivity index (χ2n) is 16.2. The van der Waals surface area contributed by atoms with E-state index in [0.717, 1.165) is 47.0 Å². The number of hydrogen-bond donors (Lipinski definition) is 0. The number of nitrogens with zero attached hydrogens (tertiary/aromatic N) is 2. The minimum absolute atomic E-state index is 0.0915. The van der Waals surface area contributed by atoms with Crippen LogP contribution >= 0.6 is 0 Å². The van der Waals surface area contributed by atoms with Crippen molar-refractivity contribution in [2.75, 3.05) is 9.80 Å². The Morgan fingerprint density at radius 3 is 1.52 bits per heavy atom. The predicted octanol–water partition coefficient (Wildman–Crippen LogP) is 15.0. The van der Waals surface area contributed by atoms with Gasteiger partial charge in [0.2, 0.25) is 0 Å². The van der Waals surface area contributed by atoms with Gasteiger partial charge in [-0.2, -0.15) is 0 Å². The molecule has 0 radical (unpaired) electrons. The molecular formula is C57H42N2O. The van der Waals surface area contributed by atoms with Crippen molar-refractivity contribution in [3.8, 4) is 11.1 Å². The Labute approximate surface area is 351 Å². The molecule has 0 saturated carbocycles. The number of benzene rings is 9. The molecule has 12 rings (SSSR count). The highest BCUT2D eigenvalue weighted by molar-refractivity contribution is 6.01. The minimum atomic E-state index is -0.571. The van der Waals surface area contributed by atoms with Crippen molar-refractivity contribution in [1.82, 2.24) is 0 Å². The first-order valence-electron chi connectivity index (χ1n) is 21.1. The minimum Gasteiger partial charge on any atom is -0.365 e. The van der Waals surface area contributed by atoms with Crippen molar-refractivity contribution < 1.29 is 4.74 Å². The van der Waals surface area contributed by atoms with Gasteiger partial charge in [0.15, 0.2) is 0 Å². The van der Waals surface area contributed by atoms with Crippen molar-refractivity contribution in [3.63, 3.8) is 0 Å². The molecule has 9 aromatic carbocycles. The molecule has 60 heavy (non-hydrogen) atoms. The van der Waals surface area contributed by atoms with Crippen molar-refractivity contribution in [1.29, 1.82) is 0 Å². The van der Waals surface area contributed by atoms with E-state index in [1.807, 2.05) is 0 Å². The monoisotopic (exact) mass is 770 g/mol. The lowest BCUT2D eigenvalue weighted by Crippen LogP contribution is -2.46. The summed E-state index contributed by atoms with van der Waals surface area (Å²) in [6.07, 6.45) is 6.30. The van der Waals surface area contributed by atoms with Crippen LogP contribution in [0.1, 0.15) is 41.2 Å². The van der Waals surface area contributed by atoms with Crippen LogP contribution in [0.3, 0.4) is 0 Å². The lowest BCUT2D eigenvalue weighted by molar-refractivity contribution is -0.0308. The molecule has 2 heterocycles. The van der Waals surface area contributed by atoms with Crippen molar-refractivity contribution in [3.05, 3.63) is 241 Å². The molecule has 0 fully saturated rings. The molecule has 2 atom stereocenters. The second kappa shape index (κ2) is 14.0. The SMILES string of the molecule is C1=CC2OC(CC1)C1(c3cc(N(c4ccccc4)c4cccc5ccccc45)ccc3-c3ccc(N(c4ccccc4)c4cccc5ccccc45)cc31)c1ccccc12. The molecule has 3 nitrogen and oxygen atoms in total. The van der Waals surface area contributed by atoms with E-state index >= 15 is 0 Å². The van der Waals surface area contributed by atoms with Gasteiger partial charge in [0.1, 0.15) is 6.10 Å². The van der Waals surface area contributed by atoms with Crippen LogP contribution in [0.2, 0.25) is 0 Å². The van der Waals surface area contributed by atoms with Gasteiger partial charge in [0.05, 0.1) is 22.9 Å². The summed E-state index contributed by atoms with van der Waals surface area (Å²) in [6, 6.07) is 75.8. The molecule has 0 saturated heterocycles. The van der Waals surface area contributed by atoms with Crippen molar-refractivity contribution >= 4 is 55.7 Å². The van der Waals surface area contributed by atoms with E-state index in [2.05, 4.69) is 228 Å². The largest absolute Gasteiger partial charge is 0.365 e. The summed E-state index contributed by atoms with van der Waals surface area (Å²) >= 11 is 0. The summed E-state index contributed by atoms with van der Waals surface area (Å²) < 4.78 is 7.37. The Morgan fingerprint density at radius 1 is 0.433 bits per heavy atom. The van der Waals surface area contributed by atoms with Crippen molar-refractivity contribution in [2.45, 2.75) is 30.5 Å². The van der Waals surface area contributed by atoms with Gasteiger partial charge in [0.25, 0.3) is 0 Å². The second-order valence-corrected chi connectivity index (χ2v) is 16.2. The molecular weight excluding hydrogens is 729 g/mol. The van der Waals surface area contributed by atoms with Gasteiger partial charge in [-0.15, -0.1) is 0 Å². The summed E-state index contributed by atoms with van der Waals surface area (Å²) in [4.78, 5) is 4.88. The predicted molar refractivity (Wildman–Crippen MR) is 249 cm³/mol.